The Morgan fingerprint density at radius 2 is 2.08 bits per heavy atom. The highest BCUT2D eigenvalue weighted by molar-refractivity contribution is 7.21. The van der Waals surface area contributed by atoms with Crippen LogP contribution in [0.15, 0.2) is 18.2 Å². The SMILES string of the molecule is Cc1c(C(=O)NCCCN2CC(C)OC(C)C2)sc2ccc(F)cc12. The summed E-state index contributed by atoms with van der Waals surface area (Å²) in [6, 6.07) is 4.67. The van der Waals surface area contributed by atoms with Crippen molar-refractivity contribution in [1.82, 2.24) is 10.2 Å². The first-order valence-corrected chi connectivity index (χ1v) is 9.60. The first kappa shape index (κ1) is 18.3. The molecule has 0 aliphatic carbocycles. The lowest BCUT2D eigenvalue weighted by molar-refractivity contribution is -0.0679. The standard InChI is InChI=1S/C19H25FN2O2S/c1-12-10-22(11-13(2)24-12)8-4-7-21-19(23)18-14(3)16-9-15(20)5-6-17(16)25-18/h5-6,9,12-13H,4,7-8,10-11H2,1-3H3,(H,21,23). The molecule has 4 nitrogen and oxygen atoms in total. The number of benzene rings is 1. The molecular formula is C19H25FN2O2S. The highest BCUT2D eigenvalue weighted by Crippen LogP contribution is 2.31. The molecule has 1 aliphatic rings. The van der Waals surface area contributed by atoms with Gasteiger partial charge in [-0.3, -0.25) is 9.69 Å². The molecule has 0 bridgehead atoms. The van der Waals surface area contributed by atoms with Crippen LogP contribution in [-0.2, 0) is 4.74 Å². The number of carbonyl (C=O) groups is 1. The summed E-state index contributed by atoms with van der Waals surface area (Å²) in [6.07, 6.45) is 1.43. The number of halogens is 1. The Hall–Kier alpha value is -1.50. The maximum absolute atomic E-state index is 13.4. The number of rotatable bonds is 5. The topological polar surface area (TPSA) is 41.6 Å². The number of carbonyl (C=O) groups excluding carboxylic acids is 1. The number of hydrogen-bond acceptors (Lipinski definition) is 4. The van der Waals surface area contributed by atoms with Crippen LogP contribution in [0.5, 0.6) is 0 Å². The van der Waals surface area contributed by atoms with Crippen LogP contribution >= 0.6 is 11.3 Å². The quantitative estimate of drug-likeness (QED) is 0.825. The minimum atomic E-state index is -0.269. The third kappa shape index (κ3) is 4.37. The molecule has 2 unspecified atom stereocenters. The highest BCUT2D eigenvalue weighted by atomic mass is 32.1. The second-order valence-corrected chi connectivity index (χ2v) is 7.88. The molecule has 1 fully saturated rings. The molecule has 1 saturated heterocycles. The number of amides is 1. The molecule has 2 atom stereocenters. The van der Waals surface area contributed by atoms with Gasteiger partial charge in [-0.1, -0.05) is 0 Å². The van der Waals surface area contributed by atoms with Gasteiger partial charge in [-0.15, -0.1) is 11.3 Å². The molecule has 1 aromatic carbocycles. The molecule has 6 heteroatoms. The lowest BCUT2D eigenvalue weighted by Gasteiger charge is -2.35. The summed E-state index contributed by atoms with van der Waals surface area (Å²) in [5.74, 6) is -0.336. The van der Waals surface area contributed by atoms with Crippen LogP contribution in [0.2, 0.25) is 0 Å². The van der Waals surface area contributed by atoms with Gasteiger partial charge in [0.1, 0.15) is 5.82 Å². The van der Waals surface area contributed by atoms with Gasteiger partial charge in [0.05, 0.1) is 17.1 Å². The van der Waals surface area contributed by atoms with Gasteiger partial charge in [-0.2, -0.15) is 0 Å². The van der Waals surface area contributed by atoms with E-state index < -0.39 is 0 Å². The Morgan fingerprint density at radius 3 is 2.80 bits per heavy atom. The smallest absolute Gasteiger partial charge is 0.261 e. The zero-order valence-corrected chi connectivity index (χ0v) is 15.8. The largest absolute Gasteiger partial charge is 0.373 e. The van der Waals surface area contributed by atoms with Crippen molar-refractivity contribution >= 4 is 27.3 Å². The summed E-state index contributed by atoms with van der Waals surface area (Å²) in [5.41, 5.74) is 0.854. The summed E-state index contributed by atoms with van der Waals surface area (Å²) in [6.45, 7) is 9.55. The Labute approximate surface area is 152 Å². The number of morpholine rings is 1. The lowest BCUT2D eigenvalue weighted by atomic mass is 10.1. The average Bonchev–Trinajstić information content (AvgIpc) is 2.87. The number of nitrogens with zero attached hydrogens (tertiary/aromatic N) is 1. The molecule has 3 rings (SSSR count). The van der Waals surface area contributed by atoms with E-state index in [1.54, 1.807) is 6.07 Å². The fourth-order valence-corrected chi connectivity index (χ4v) is 4.57. The molecular weight excluding hydrogens is 339 g/mol. The van der Waals surface area contributed by atoms with Crippen LogP contribution in [0, 0.1) is 12.7 Å². The van der Waals surface area contributed by atoms with E-state index in [1.807, 2.05) is 6.92 Å². The maximum Gasteiger partial charge on any atom is 0.261 e. The molecule has 0 spiro atoms. The summed E-state index contributed by atoms with van der Waals surface area (Å²) in [5, 5.41) is 3.82. The van der Waals surface area contributed by atoms with E-state index in [-0.39, 0.29) is 23.9 Å². The summed E-state index contributed by atoms with van der Waals surface area (Å²) in [7, 11) is 0. The van der Waals surface area contributed by atoms with Gasteiger partial charge in [0.2, 0.25) is 0 Å². The van der Waals surface area contributed by atoms with E-state index in [0.29, 0.717) is 11.4 Å². The van der Waals surface area contributed by atoms with Crippen LogP contribution in [-0.4, -0.2) is 49.2 Å². The van der Waals surface area contributed by atoms with Gasteiger partial charge in [-0.05, 0) is 56.3 Å². The molecule has 2 heterocycles. The first-order chi connectivity index (χ1) is 11.9. The summed E-state index contributed by atoms with van der Waals surface area (Å²) in [4.78, 5) is 15.5. The molecule has 136 valence electrons. The highest BCUT2D eigenvalue weighted by Gasteiger charge is 2.21. The summed E-state index contributed by atoms with van der Waals surface area (Å²) >= 11 is 1.42. The minimum absolute atomic E-state index is 0.0668. The van der Waals surface area contributed by atoms with Gasteiger partial charge >= 0.3 is 0 Å². The van der Waals surface area contributed by atoms with Crippen molar-refractivity contribution in [2.24, 2.45) is 0 Å². The zero-order chi connectivity index (χ0) is 18.0. The van der Waals surface area contributed by atoms with Crippen LogP contribution in [0.3, 0.4) is 0 Å². The predicted molar refractivity (Wildman–Crippen MR) is 99.9 cm³/mol. The van der Waals surface area contributed by atoms with Crippen molar-refractivity contribution < 1.29 is 13.9 Å². The molecule has 0 radical (unpaired) electrons. The van der Waals surface area contributed by atoms with Crippen molar-refractivity contribution in [3.8, 4) is 0 Å². The van der Waals surface area contributed by atoms with Crippen LogP contribution < -0.4 is 5.32 Å². The second-order valence-electron chi connectivity index (χ2n) is 6.82. The Morgan fingerprint density at radius 1 is 1.36 bits per heavy atom. The number of hydrogen-bond donors (Lipinski definition) is 1. The molecule has 1 amide bonds. The Bertz CT molecular complexity index is 751. The zero-order valence-electron chi connectivity index (χ0n) is 15.0. The van der Waals surface area contributed by atoms with E-state index in [1.165, 1.54) is 23.5 Å². The lowest BCUT2D eigenvalue weighted by Crippen LogP contribution is -2.46. The monoisotopic (exact) mass is 364 g/mol. The van der Waals surface area contributed by atoms with E-state index in [9.17, 15) is 9.18 Å². The molecule has 1 N–H and O–H groups in total. The molecule has 1 aliphatic heterocycles. The third-order valence-electron chi connectivity index (χ3n) is 4.54. The van der Waals surface area contributed by atoms with Crippen molar-refractivity contribution in [2.75, 3.05) is 26.2 Å². The van der Waals surface area contributed by atoms with Crippen molar-refractivity contribution in [2.45, 2.75) is 39.4 Å². The van der Waals surface area contributed by atoms with E-state index >= 15 is 0 Å². The molecule has 0 saturated carbocycles. The molecule has 1 aromatic heterocycles. The van der Waals surface area contributed by atoms with E-state index in [2.05, 4.69) is 24.1 Å². The van der Waals surface area contributed by atoms with Gasteiger partial charge in [-0.25, -0.2) is 4.39 Å². The fourth-order valence-electron chi connectivity index (χ4n) is 3.46. The van der Waals surface area contributed by atoms with E-state index in [0.717, 1.165) is 41.7 Å². The van der Waals surface area contributed by atoms with Crippen molar-refractivity contribution in [3.63, 3.8) is 0 Å². The summed E-state index contributed by atoms with van der Waals surface area (Å²) < 4.78 is 20.1. The van der Waals surface area contributed by atoms with Crippen molar-refractivity contribution in [1.29, 1.82) is 0 Å². The predicted octanol–water partition coefficient (Wildman–Crippen LogP) is 3.58. The Kier molecular flexibility index (Phi) is 5.71. The fraction of sp³-hybridized carbons (Fsp3) is 0.526. The van der Waals surface area contributed by atoms with Crippen molar-refractivity contribution in [3.05, 3.63) is 34.5 Å². The maximum atomic E-state index is 13.4. The number of aryl methyl sites for hydroxylation is 1. The average molecular weight is 364 g/mol. The molecule has 25 heavy (non-hydrogen) atoms. The normalized spacial score (nSPS) is 21.6. The van der Waals surface area contributed by atoms with Gasteiger partial charge in [0.15, 0.2) is 0 Å². The number of thiophene rings is 1. The van der Waals surface area contributed by atoms with E-state index in [4.69, 9.17) is 4.74 Å². The number of nitrogens with one attached hydrogen (secondary N) is 1. The second kappa shape index (κ2) is 7.81. The third-order valence-corrected chi connectivity index (χ3v) is 5.81. The minimum Gasteiger partial charge on any atom is -0.373 e. The molecule has 2 aromatic rings. The Balaban J connectivity index is 1.52. The van der Waals surface area contributed by atoms with Gasteiger partial charge in [0.25, 0.3) is 5.91 Å². The van der Waals surface area contributed by atoms with Crippen LogP contribution in [0.4, 0.5) is 4.39 Å². The van der Waals surface area contributed by atoms with Gasteiger partial charge in [0, 0.05) is 30.9 Å². The first-order valence-electron chi connectivity index (χ1n) is 8.78. The van der Waals surface area contributed by atoms with Crippen LogP contribution in [0.25, 0.3) is 10.1 Å². The van der Waals surface area contributed by atoms with Crippen LogP contribution in [0.1, 0.15) is 35.5 Å². The number of ether oxygens (including phenoxy) is 1. The number of fused-ring (bicyclic) bond motifs is 1. The van der Waals surface area contributed by atoms with Gasteiger partial charge < -0.3 is 10.1 Å².